The van der Waals surface area contributed by atoms with Crippen LogP contribution >= 0.6 is 22.9 Å². The highest BCUT2D eigenvalue weighted by atomic mass is 35.5. The standard InChI is InChI=1S/C15H12ClFN2OS/c1-9-7-14(21-13(9)3-2-6-18)15(20)19-12-5-4-10(17)8-11(12)16/h4-5,7-8H,6,18H2,1H3,(H,19,20). The van der Waals surface area contributed by atoms with Gasteiger partial charge in [-0.15, -0.1) is 11.3 Å². The Morgan fingerprint density at radius 3 is 2.90 bits per heavy atom. The number of nitrogens with two attached hydrogens (primary N) is 1. The number of halogens is 2. The number of carbonyl (C=O) groups is 1. The summed E-state index contributed by atoms with van der Waals surface area (Å²) in [6.07, 6.45) is 0. The van der Waals surface area contributed by atoms with E-state index in [1.807, 2.05) is 6.92 Å². The Morgan fingerprint density at radius 1 is 1.48 bits per heavy atom. The first-order chi connectivity index (χ1) is 10.0. The number of benzene rings is 1. The molecule has 0 saturated heterocycles. The SMILES string of the molecule is Cc1cc(C(=O)Nc2ccc(F)cc2Cl)sc1C#CCN. The molecule has 0 aliphatic rings. The van der Waals surface area contributed by atoms with Crippen molar-refractivity contribution in [1.82, 2.24) is 0 Å². The molecular formula is C15H12ClFN2OS. The van der Waals surface area contributed by atoms with E-state index in [2.05, 4.69) is 17.2 Å². The van der Waals surface area contributed by atoms with E-state index >= 15 is 0 Å². The van der Waals surface area contributed by atoms with E-state index in [-0.39, 0.29) is 17.5 Å². The van der Waals surface area contributed by atoms with E-state index in [4.69, 9.17) is 17.3 Å². The number of anilines is 1. The van der Waals surface area contributed by atoms with Gasteiger partial charge in [0, 0.05) is 0 Å². The van der Waals surface area contributed by atoms with Crippen LogP contribution < -0.4 is 11.1 Å². The average Bonchev–Trinajstić information content (AvgIpc) is 2.81. The van der Waals surface area contributed by atoms with Gasteiger partial charge in [0.1, 0.15) is 5.82 Å². The number of aryl methyl sites for hydroxylation is 1. The van der Waals surface area contributed by atoms with Crippen LogP contribution in [0.3, 0.4) is 0 Å². The van der Waals surface area contributed by atoms with E-state index in [0.717, 1.165) is 16.5 Å². The zero-order valence-electron chi connectivity index (χ0n) is 11.2. The number of thiophene rings is 1. The highest BCUT2D eigenvalue weighted by molar-refractivity contribution is 7.14. The van der Waals surface area contributed by atoms with Gasteiger partial charge in [-0.2, -0.15) is 0 Å². The fraction of sp³-hybridized carbons (Fsp3) is 0.133. The molecule has 21 heavy (non-hydrogen) atoms. The number of rotatable bonds is 2. The van der Waals surface area contributed by atoms with Crippen molar-refractivity contribution in [3.8, 4) is 11.8 Å². The number of nitrogens with one attached hydrogen (secondary N) is 1. The second-order valence-corrected chi connectivity index (χ2v) is 5.67. The number of hydrogen-bond donors (Lipinski definition) is 2. The van der Waals surface area contributed by atoms with E-state index in [1.165, 1.54) is 23.5 Å². The summed E-state index contributed by atoms with van der Waals surface area (Å²) >= 11 is 7.16. The van der Waals surface area contributed by atoms with Crippen LogP contribution in [0.15, 0.2) is 24.3 Å². The van der Waals surface area contributed by atoms with Crippen LogP contribution in [-0.4, -0.2) is 12.5 Å². The molecule has 0 radical (unpaired) electrons. The number of hydrogen-bond acceptors (Lipinski definition) is 3. The molecule has 1 aromatic carbocycles. The summed E-state index contributed by atoms with van der Waals surface area (Å²) in [5.74, 6) is 4.91. The largest absolute Gasteiger partial charge is 0.320 e. The molecule has 0 unspecified atom stereocenters. The second-order valence-electron chi connectivity index (χ2n) is 4.21. The average molecular weight is 323 g/mol. The molecule has 1 aromatic heterocycles. The lowest BCUT2D eigenvalue weighted by Crippen LogP contribution is -2.10. The van der Waals surface area contributed by atoms with Gasteiger partial charge >= 0.3 is 0 Å². The van der Waals surface area contributed by atoms with Crippen LogP contribution in [-0.2, 0) is 0 Å². The van der Waals surface area contributed by atoms with Gasteiger partial charge in [0.15, 0.2) is 0 Å². The first-order valence-electron chi connectivity index (χ1n) is 6.07. The summed E-state index contributed by atoms with van der Waals surface area (Å²) in [6.45, 7) is 2.14. The van der Waals surface area contributed by atoms with Crippen molar-refractivity contribution >= 4 is 34.5 Å². The van der Waals surface area contributed by atoms with Gasteiger partial charge < -0.3 is 11.1 Å². The fourth-order valence-electron chi connectivity index (χ4n) is 1.62. The third-order valence-electron chi connectivity index (χ3n) is 2.62. The summed E-state index contributed by atoms with van der Waals surface area (Å²) in [5, 5.41) is 2.80. The molecule has 2 rings (SSSR count). The van der Waals surface area contributed by atoms with Gasteiger partial charge in [-0.1, -0.05) is 23.4 Å². The van der Waals surface area contributed by atoms with Crippen LogP contribution in [0.1, 0.15) is 20.1 Å². The molecule has 0 aliphatic carbocycles. The van der Waals surface area contributed by atoms with Crippen molar-refractivity contribution in [1.29, 1.82) is 0 Å². The Labute approximate surface area is 130 Å². The van der Waals surface area contributed by atoms with E-state index in [1.54, 1.807) is 6.07 Å². The summed E-state index contributed by atoms with van der Waals surface area (Å²) in [6, 6.07) is 5.55. The van der Waals surface area contributed by atoms with Crippen molar-refractivity contribution in [2.75, 3.05) is 11.9 Å². The van der Waals surface area contributed by atoms with Crippen molar-refractivity contribution in [2.24, 2.45) is 5.73 Å². The molecule has 0 aliphatic heterocycles. The Kier molecular flexibility index (Phi) is 4.97. The minimum Gasteiger partial charge on any atom is -0.320 e. The predicted octanol–water partition coefficient (Wildman–Crippen LogP) is 3.41. The van der Waals surface area contributed by atoms with Crippen LogP contribution in [0.2, 0.25) is 5.02 Å². The quantitative estimate of drug-likeness (QED) is 0.832. The van der Waals surface area contributed by atoms with Crippen LogP contribution in [0.4, 0.5) is 10.1 Å². The molecule has 3 N–H and O–H groups in total. The topological polar surface area (TPSA) is 55.1 Å². The molecule has 0 fully saturated rings. The summed E-state index contributed by atoms with van der Waals surface area (Å²) < 4.78 is 13.0. The molecule has 0 saturated carbocycles. The van der Waals surface area contributed by atoms with Gasteiger partial charge in [-0.3, -0.25) is 4.79 Å². The molecule has 108 valence electrons. The van der Waals surface area contributed by atoms with Crippen LogP contribution in [0, 0.1) is 24.6 Å². The van der Waals surface area contributed by atoms with E-state index in [9.17, 15) is 9.18 Å². The Hall–Kier alpha value is -1.87. The van der Waals surface area contributed by atoms with Crippen molar-refractivity contribution < 1.29 is 9.18 Å². The first kappa shape index (κ1) is 15.5. The second kappa shape index (κ2) is 6.72. The molecule has 1 heterocycles. The Morgan fingerprint density at radius 2 is 2.24 bits per heavy atom. The van der Waals surface area contributed by atoms with Crippen molar-refractivity contribution in [3.05, 3.63) is 50.4 Å². The lowest BCUT2D eigenvalue weighted by atomic mass is 10.2. The molecule has 0 spiro atoms. The van der Waals surface area contributed by atoms with Crippen LogP contribution in [0.25, 0.3) is 0 Å². The minimum atomic E-state index is -0.454. The normalized spacial score (nSPS) is 9.90. The molecule has 1 amide bonds. The summed E-state index contributed by atoms with van der Waals surface area (Å²) in [7, 11) is 0. The smallest absolute Gasteiger partial charge is 0.265 e. The molecular weight excluding hydrogens is 311 g/mol. The van der Waals surface area contributed by atoms with E-state index in [0.29, 0.717) is 10.6 Å². The zero-order chi connectivity index (χ0) is 15.4. The van der Waals surface area contributed by atoms with Crippen molar-refractivity contribution in [3.63, 3.8) is 0 Å². The summed E-state index contributed by atoms with van der Waals surface area (Å²) in [5.41, 5.74) is 6.61. The molecule has 2 aromatic rings. The zero-order valence-corrected chi connectivity index (χ0v) is 12.7. The lowest BCUT2D eigenvalue weighted by Gasteiger charge is -2.05. The molecule has 6 heteroatoms. The predicted molar refractivity (Wildman–Crippen MR) is 84.4 cm³/mol. The first-order valence-corrected chi connectivity index (χ1v) is 7.26. The monoisotopic (exact) mass is 322 g/mol. The van der Waals surface area contributed by atoms with Crippen molar-refractivity contribution in [2.45, 2.75) is 6.92 Å². The summed E-state index contributed by atoms with van der Waals surface area (Å²) in [4.78, 5) is 13.5. The lowest BCUT2D eigenvalue weighted by molar-refractivity contribution is 0.103. The maximum atomic E-state index is 13.0. The van der Waals surface area contributed by atoms with Gasteiger partial charge in [0.25, 0.3) is 5.91 Å². The third-order valence-corrected chi connectivity index (χ3v) is 4.09. The maximum absolute atomic E-state index is 13.0. The molecule has 3 nitrogen and oxygen atoms in total. The van der Waals surface area contributed by atoms with Gasteiger partial charge in [-0.25, -0.2) is 4.39 Å². The van der Waals surface area contributed by atoms with Gasteiger partial charge in [0.2, 0.25) is 0 Å². The highest BCUT2D eigenvalue weighted by Crippen LogP contribution is 2.25. The highest BCUT2D eigenvalue weighted by Gasteiger charge is 2.13. The van der Waals surface area contributed by atoms with E-state index < -0.39 is 5.82 Å². The molecule has 0 bridgehead atoms. The Balaban J connectivity index is 2.21. The molecule has 0 atom stereocenters. The minimum absolute atomic E-state index is 0.153. The maximum Gasteiger partial charge on any atom is 0.265 e. The third kappa shape index (κ3) is 3.82. The fourth-order valence-corrected chi connectivity index (χ4v) is 2.78. The van der Waals surface area contributed by atoms with Gasteiger partial charge in [0.05, 0.1) is 27.0 Å². The Bertz CT molecular complexity index is 746. The number of amides is 1. The van der Waals surface area contributed by atoms with Crippen LogP contribution in [0.5, 0.6) is 0 Å². The number of carbonyl (C=O) groups excluding carboxylic acids is 1. The van der Waals surface area contributed by atoms with Gasteiger partial charge in [-0.05, 0) is 36.8 Å².